The van der Waals surface area contributed by atoms with E-state index in [1.807, 2.05) is 0 Å². The van der Waals surface area contributed by atoms with E-state index in [9.17, 15) is 19.1 Å². The highest BCUT2D eigenvalue weighted by atomic mass is 32.2. The van der Waals surface area contributed by atoms with Gasteiger partial charge in [-0.2, -0.15) is 0 Å². The molecule has 126 valence electrons. The Balaban J connectivity index is 2.61. The molecule has 0 aliphatic rings. The summed E-state index contributed by atoms with van der Waals surface area (Å²) in [5.41, 5.74) is 0.567. The second-order valence-corrected chi connectivity index (χ2v) is 5.49. The van der Waals surface area contributed by atoms with Gasteiger partial charge in [-0.25, -0.2) is 9.00 Å². The molecule has 2 N–H and O–H groups in total. The second-order valence-electron chi connectivity index (χ2n) is 4.78. The lowest BCUT2D eigenvalue weighted by Crippen LogP contribution is -2.11. The minimum Gasteiger partial charge on any atom is -0.465 e. The van der Waals surface area contributed by atoms with E-state index in [2.05, 4.69) is 9.46 Å². The zero-order chi connectivity index (χ0) is 17.7. The molecule has 0 fully saturated rings. The van der Waals surface area contributed by atoms with E-state index in [0.29, 0.717) is 0 Å². The predicted molar refractivity (Wildman–Crippen MR) is 88.1 cm³/mol. The Morgan fingerprint density at radius 1 is 1.33 bits per heavy atom. The lowest BCUT2D eigenvalue weighted by molar-refractivity contribution is -0.385. The number of nitro benzene ring substituents is 1. The molecular formula is C15H14N2O6S. The van der Waals surface area contributed by atoms with Crippen molar-refractivity contribution in [2.45, 2.75) is 6.42 Å². The summed E-state index contributed by atoms with van der Waals surface area (Å²) in [5, 5.41) is 11.4. The maximum Gasteiger partial charge on any atom is 0.338 e. The van der Waals surface area contributed by atoms with Crippen LogP contribution in [0.1, 0.15) is 21.5 Å². The van der Waals surface area contributed by atoms with Crippen molar-refractivity contribution in [2.75, 3.05) is 11.8 Å². The Kier molecular flexibility index (Phi) is 5.61. The fourth-order valence-electron chi connectivity index (χ4n) is 2.23. The van der Waals surface area contributed by atoms with Crippen molar-refractivity contribution in [3.8, 4) is 0 Å². The largest absolute Gasteiger partial charge is 0.465 e. The van der Waals surface area contributed by atoms with Crippen LogP contribution in [-0.4, -0.2) is 26.8 Å². The van der Waals surface area contributed by atoms with Gasteiger partial charge >= 0.3 is 5.97 Å². The third kappa shape index (κ3) is 4.15. The molecule has 9 heteroatoms. The Morgan fingerprint density at radius 2 is 2.00 bits per heavy atom. The van der Waals surface area contributed by atoms with E-state index in [-0.39, 0.29) is 28.9 Å². The zero-order valence-corrected chi connectivity index (χ0v) is 13.4. The van der Waals surface area contributed by atoms with Crippen LogP contribution in [0.25, 0.3) is 0 Å². The first-order valence-electron chi connectivity index (χ1n) is 6.73. The number of carbonyl (C=O) groups is 1. The molecule has 0 spiro atoms. The number of methoxy groups -OCH3 is 1. The van der Waals surface area contributed by atoms with Crippen molar-refractivity contribution < 1.29 is 23.2 Å². The number of carbonyl (C=O) groups excluding carboxylic acids is 1. The first kappa shape index (κ1) is 17.6. The van der Waals surface area contributed by atoms with Gasteiger partial charge in [0.25, 0.3) is 17.0 Å². The summed E-state index contributed by atoms with van der Waals surface area (Å²) >= 11 is -2.45. The minimum atomic E-state index is -2.45. The van der Waals surface area contributed by atoms with Crippen molar-refractivity contribution in [1.82, 2.24) is 0 Å². The van der Waals surface area contributed by atoms with Crippen LogP contribution in [0.5, 0.6) is 0 Å². The third-order valence-corrected chi connectivity index (χ3v) is 3.66. The molecule has 0 radical (unpaired) electrons. The normalized spacial score (nSPS) is 11.6. The van der Waals surface area contributed by atoms with E-state index in [1.165, 1.54) is 6.07 Å². The average Bonchev–Trinajstić information content (AvgIpc) is 2.55. The van der Waals surface area contributed by atoms with Gasteiger partial charge < -0.3 is 4.74 Å². The van der Waals surface area contributed by atoms with Crippen LogP contribution in [0.15, 0.2) is 42.5 Å². The first-order valence-corrected chi connectivity index (χ1v) is 7.84. The van der Waals surface area contributed by atoms with Crippen molar-refractivity contribution in [2.24, 2.45) is 0 Å². The quantitative estimate of drug-likeness (QED) is 0.358. The van der Waals surface area contributed by atoms with Gasteiger partial charge in [0.2, 0.25) is 0 Å². The van der Waals surface area contributed by atoms with Crippen LogP contribution < -0.4 is 4.72 Å². The highest BCUT2D eigenvalue weighted by molar-refractivity contribution is 7.80. The standard InChI is InChI=1S/C15H14N2O6S/c1-23-15(18)11-8-13(16-24(21)22)12(14(9-11)17(19)20)7-10-5-3-2-4-6-10/h2-6,8-9,16H,7H2,1H3,(H,21,22). The number of esters is 1. The molecule has 2 rings (SSSR count). The summed E-state index contributed by atoms with van der Waals surface area (Å²) in [6, 6.07) is 11.3. The van der Waals surface area contributed by atoms with Crippen molar-refractivity contribution in [3.63, 3.8) is 0 Å². The van der Waals surface area contributed by atoms with E-state index >= 15 is 0 Å². The fourth-order valence-corrected chi connectivity index (χ4v) is 2.60. The molecule has 0 heterocycles. The molecule has 0 amide bonds. The molecule has 0 aliphatic heterocycles. The van der Waals surface area contributed by atoms with Gasteiger partial charge in [0.15, 0.2) is 0 Å². The smallest absolute Gasteiger partial charge is 0.338 e. The number of nitrogens with zero attached hydrogens (tertiary/aromatic N) is 1. The fraction of sp³-hybridized carbons (Fsp3) is 0.133. The molecule has 0 bridgehead atoms. The summed E-state index contributed by atoms with van der Waals surface area (Å²) in [5.74, 6) is -0.781. The second kappa shape index (κ2) is 7.66. The SMILES string of the molecule is COC(=O)c1cc(NS(=O)O)c(Cc2ccccc2)c([N+](=O)[O-])c1. The van der Waals surface area contributed by atoms with Crippen LogP contribution >= 0.6 is 0 Å². The Bertz CT molecular complexity index is 794. The molecule has 2 aromatic rings. The van der Waals surface area contributed by atoms with Crippen molar-refractivity contribution in [1.29, 1.82) is 0 Å². The van der Waals surface area contributed by atoms with Gasteiger partial charge in [0.05, 0.1) is 28.8 Å². The predicted octanol–water partition coefficient (Wildman–Crippen LogP) is 2.52. The summed E-state index contributed by atoms with van der Waals surface area (Å²) in [4.78, 5) is 22.4. The number of hydrogen-bond acceptors (Lipinski definition) is 5. The topological polar surface area (TPSA) is 119 Å². The number of nitrogens with one attached hydrogen (secondary N) is 1. The van der Waals surface area contributed by atoms with Crippen LogP contribution in [0, 0.1) is 10.1 Å². The summed E-state index contributed by atoms with van der Waals surface area (Å²) in [6.45, 7) is 0. The van der Waals surface area contributed by atoms with E-state index < -0.39 is 22.2 Å². The lowest BCUT2D eigenvalue weighted by Gasteiger charge is -2.12. The Morgan fingerprint density at radius 3 is 2.54 bits per heavy atom. The molecule has 0 saturated heterocycles. The number of hydrogen-bond donors (Lipinski definition) is 2. The highest BCUT2D eigenvalue weighted by Crippen LogP contribution is 2.31. The van der Waals surface area contributed by atoms with Gasteiger partial charge in [0.1, 0.15) is 0 Å². The molecule has 0 aromatic heterocycles. The molecule has 1 unspecified atom stereocenters. The summed E-state index contributed by atoms with van der Waals surface area (Å²) in [7, 11) is 1.14. The molecule has 1 atom stereocenters. The molecule has 0 aliphatic carbocycles. The van der Waals surface area contributed by atoms with E-state index in [1.54, 1.807) is 30.3 Å². The van der Waals surface area contributed by atoms with Gasteiger partial charge in [-0.1, -0.05) is 30.3 Å². The van der Waals surface area contributed by atoms with Gasteiger partial charge in [-0.15, -0.1) is 0 Å². The van der Waals surface area contributed by atoms with Crippen molar-refractivity contribution in [3.05, 3.63) is 69.3 Å². The van der Waals surface area contributed by atoms with Crippen LogP contribution in [0.2, 0.25) is 0 Å². The molecule has 0 saturated carbocycles. The van der Waals surface area contributed by atoms with Gasteiger partial charge in [-0.05, 0) is 11.6 Å². The molecule has 2 aromatic carbocycles. The van der Waals surface area contributed by atoms with Crippen LogP contribution in [0.4, 0.5) is 11.4 Å². The van der Waals surface area contributed by atoms with Gasteiger partial charge in [0, 0.05) is 12.5 Å². The Labute approximate surface area is 140 Å². The first-order chi connectivity index (χ1) is 11.4. The van der Waals surface area contributed by atoms with Gasteiger partial charge in [-0.3, -0.25) is 19.4 Å². The molecule has 24 heavy (non-hydrogen) atoms. The molecule has 8 nitrogen and oxygen atoms in total. The van der Waals surface area contributed by atoms with Crippen LogP contribution in [0.3, 0.4) is 0 Å². The van der Waals surface area contributed by atoms with E-state index in [4.69, 9.17) is 4.55 Å². The number of anilines is 1. The third-order valence-electron chi connectivity index (χ3n) is 3.27. The van der Waals surface area contributed by atoms with Crippen LogP contribution in [-0.2, 0) is 22.4 Å². The number of ether oxygens (including phenoxy) is 1. The summed E-state index contributed by atoms with van der Waals surface area (Å²) in [6.07, 6.45) is 0.151. The number of rotatable bonds is 6. The minimum absolute atomic E-state index is 0.0225. The highest BCUT2D eigenvalue weighted by Gasteiger charge is 2.23. The maximum atomic E-state index is 11.7. The average molecular weight is 350 g/mol. The lowest BCUT2D eigenvalue weighted by atomic mass is 9.99. The number of nitro groups is 1. The monoisotopic (exact) mass is 350 g/mol. The maximum absolute atomic E-state index is 11.7. The Hall–Kier alpha value is -2.78. The molecular weight excluding hydrogens is 336 g/mol. The van der Waals surface area contributed by atoms with Crippen molar-refractivity contribution >= 4 is 28.6 Å². The van der Waals surface area contributed by atoms with E-state index in [0.717, 1.165) is 18.7 Å². The number of benzene rings is 2. The summed E-state index contributed by atoms with van der Waals surface area (Å²) < 4.78 is 27.0. The zero-order valence-electron chi connectivity index (χ0n) is 12.6.